The van der Waals surface area contributed by atoms with Gasteiger partial charge in [-0.05, 0) is 48.9 Å². The van der Waals surface area contributed by atoms with Gasteiger partial charge < -0.3 is 9.64 Å². The van der Waals surface area contributed by atoms with Crippen molar-refractivity contribution in [2.24, 2.45) is 0 Å². The molecule has 2 aromatic carbocycles. The molecule has 0 N–H and O–H groups in total. The van der Waals surface area contributed by atoms with Crippen molar-refractivity contribution in [3.8, 4) is 11.4 Å². The van der Waals surface area contributed by atoms with Gasteiger partial charge in [-0.1, -0.05) is 12.1 Å². The van der Waals surface area contributed by atoms with Crippen LogP contribution in [0.1, 0.15) is 22.8 Å². The second kappa shape index (κ2) is 7.61. The molecule has 0 aliphatic heterocycles. The topological polar surface area (TPSA) is 60.2 Å². The van der Waals surface area contributed by atoms with Crippen LogP contribution < -0.4 is 4.74 Å². The van der Waals surface area contributed by atoms with Crippen LogP contribution in [0.4, 0.5) is 0 Å². The zero-order valence-corrected chi connectivity index (χ0v) is 14.3. The summed E-state index contributed by atoms with van der Waals surface area (Å²) in [5, 5.41) is 4.07. The van der Waals surface area contributed by atoms with Crippen molar-refractivity contribution in [1.29, 1.82) is 0 Å². The Labute approximate surface area is 146 Å². The SMILES string of the molecule is CCOc1ccc(CN(C)C(=O)c2ccc(-n3cncn3)cc2)cc1. The van der Waals surface area contributed by atoms with Crippen molar-refractivity contribution < 1.29 is 9.53 Å². The Kier molecular flexibility index (Phi) is 5.09. The molecule has 128 valence electrons. The lowest BCUT2D eigenvalue weighted by Crippen LogP contribution is -2.26. The summed E-state index contributed by atoms with van der Waals surface area (Å²) in [5.74, 6) is 0.808. The second-order valence-electron chi connectivity index (χ2n) is 5.63. The highest BCUT2D eigenvalue weighted by Crippen LogP contribution is 2.15. The number of carbonyl (C=O) groups excluding carboxylic acids is 1. The van der Waals surface area contributed by atoms with E-state index < -0.39 is 0 Å². The molecular formula is C19H20N4O2. The van der Waals surface area contributed by atoms with Crippen molar-refractivity contribution in [1.82, 2.24) is 19.7 Å². The summed E-state index contributed by atoms with van der Waals surface area (Å²) in [6.45, 7) is 3.13. The first-order chi connectivity index (χ1) is 12.2. The minimum Gasteiger partial charge on any atom is -0.494 e. The van der Waals surface area contributed by atoms with Crippen LogP contribution in [0.5, 0.6) is 5.75 Å². The van der Waals surface area contributed by atoms with Crippen LogP contribution in [-0.2, 0) is 6.54 Å². The van der Waals surface area contributed by atoms with E-state index in [-0.39, 0.29) is 5.91 Å². The molecule has 6 heteroatoms. The Morgan fingerprint density at radius 1 is 1.12 bits per heavy atom. The number of amides is 1. The lowest BCUT2D eigenvalue weighted by atomic mass is 10.1. The largest absolute Gasteiger partial charge is 0.494 e. The molecule has 0 bridgehead atoms. The Morgan fingerprint density at radius 3 is 2.44 bits per heavy atom. The van der Waals surface area contributed by atoms with E-state index in [1.165, 1.54) is 6.33 Å². The third-order valence-electron chi connectivity index (χ3n) is 3.80. The molecule has 3 rings (SSSR count). The number of hydrogen-bond donors (Lipinski definition) is 0. The summed E-state index contributed by atoms with van der Waals surface area (Å²) < 4.78 is 7.08. The maximum absolute atomic E-state index is 12.6. The predicted octanol–water partition coefficient (Wildman–Crippen LogP) is 2.94. The van der Waals surface area contributed by atoms with Crippen LogP contribution in [0.15, 0.2) is 61.2 Å². The quantitative estimate of drug-likeness (QED) is 0.694. The molecule has 0 unspecified atom stereocenters. The molecular weight excluding hydrogens is 316 g/mol. The predicted molar refractivity (Wildman–Crippen MR) is 94.8 cm³/mol. The number of hydrogen-bond acceptors (Lipinski definition) is 4. The molecule has 0 saturated carbocycles. The van der Waals surface area contributed by atoms with Gasteiger partial charge in [-0.25, -0.2) is 9.67 Å². The number of carbonyl (C=O) groups is 1. The van der Waals surface area contributed by atoms with E-state index in [0.717, 1.165) is 17.0 Å². The molecule has 0 spiro atoms. The molecule has 0 saturated heterocycles. The van der Waals surface area contributed by atoms with Crippen LogP contribution in [-0.4, -0.2) is 39.2 Å². The van der Waals surface area contributed by atoms with Gasteiger partial charge in [0, 0.05) is 19.2 Å². The minimum atomic E-state index is -0.0287. The van der Waals surface area contributed by atoms with Crippen LogP contribution in [0.2, 0.25) is 0 Å². The smallest absolute Gasteiger partial charge is 0.253 e. The second-order valence-corrected chi connectivity index (χ2v) is 5.63. The zero-order valence-electron chi connectivity index (χ0n) is 14.3. The Bertz CT molecular complexity index is 812. The summed E-state index contributed by atoms with van der Waals surface area (Å²) in [4.78, 5) is 18.2. The van der Waals surface area contributed by atoms with Gasteiger partial charge in [-0.3, -0.25) is 4.79 Å². The molecule has 6 nitrogen and oxygen atoms in total. The number of ether oxygens (including phenoxy) is 1. The minimum absolute atomic E-state index is 0.0287. The molecule has 3 aromatic rings. The highest BCUT2D eigenvalue weighted by atomic mass is 16.5. The van der Waals surface area contributed by atoms with Crippen molar-refractivity contribution in [3.05, 3.63) is 72.3 Å². The fraction of sp³-hybridized carbons (Fsp3) is 0.211. The standard InChI is InChI=1S/C19H20N4O2/c1-3-25-18-10-4-15(5-11-18)12-22(2)19(24)16-6-8-17(9-7-16)23-14-20-13-21-23/h4-11,13-14H,3,12H2,1-2H3. The number of benzene rings is 2. The average Bonchev–Trinajstić information content (AvgIpc) is 3.18. The van der Waals surface area contributed by atoms with E-state index in [2.05, 4.69) is 10.1 Å². The molecule has 1 aromatic heterocycles. The summed E-state index contributed by atoms with van der Waals surface area (Å²) in [7, 11) is 1.80. The van der Waals surface area contributed by atoms with E-state index in [4.69, 9.17) is 4.74 Å². The highest BCUT2D eigenvalue weighted by Gasteiger charge is 2.12. The monoisotopic (exact) mass is 336 g/mol. The molecule has 0 aliphatic rings. The van der Waals surface area contributed by atoms with Gasteiger partial charge in [-0.2, -0.15) is 5.10 Å². The summed E-state index contributed by atoms with van der Waals surface area (Å²) >= 11 is 0. The molecule has 0 fully saturated rings. The van der Waals surface area contributed by atoms with Gasteiger partial charge in [0.05, 0.1) is 12.3 Å². The number of rotatable bonds is 6. The maximum Gasteiger partial charge on any atom is 0.253 e. The normalized spacial score (nSPS) is 10.5. The van der Waals surface area contributed by atoms with E-state index >= 15 is 0 Å². The lowest BCUT2D eigenvalue weighted by Gasteiger charge is -2.18. The Balaban J connectivity index is 1.65. The molecule has 1 heterocycles. The van der Waals surface area contributed by atoms with Gasteiger partial charge in [0.15, 0.2) is 0 Å². The van der Waals surface area contributed by atoms with Gasteiger partial charge in [0.1, 0.15) is 18.4 Å². The maximum atomic E-state index is 12.6. The fourth-order valence-corrected chi connectivity index (χ4v) is 2.52. The first-order valence-corrected chi connectivity index (χ1v) is 8.09. The van der Waals surface area contributed by atoms with E-state index in [1.54, 1.807) is 35.1 Å². The summed E-state index contributed by atoms with van der Waals surface area (Å²) in [5.41, 5.74) is 2.55. The van der Waals surface area contributed by atoms with Crippen molar-refractivity contribution in [2.75, 3.05) is 13.7 Å². The first kappa shape index (κ1) is 16.7. The third kappa shape index (κ3) is 4.03. The molecule has 0 aliphatic carbocycles. The Hall–Kier alpha value is -3.15. The van der Waals surface area contributed by atoms with Gasteiger partial charge in [0.25, 0.3) is 5.91 Å². The van der Waals surface area contributed by atoms with E-state index in [9.17, 15) is 4.79 Å². The van der Waals surface area contributed by atoms with E-state index in [1.807, 2.05) is 43.3 Å². The molecule has 0 radical (unpaired) electrons. The van der Waals surface area contributed by atoms with Crippen molar-refractivity contribution >= 4 is 5.91 Å². The van der Waals surface area contributed by atoms with Gasteiger partial charge in [0.2, 0.25) is 0 Å². The number of nitrogens with zero attached hydrogens (tertiary/aromatic N) is 4. The van der Waals surface area contributed by atoms with Crippen LogP contribution in [0, 0.1) is 0 Å². The lowest BCUT2D eigenvalue weighted by molar-refractivity contribution is 0.0785. The van der Waals surface area contributed by atoms with Crippen LogP contribution in [0.25, 0.3) is 5.69 Å². The van der Waals surface area contributed by atoms with Crippen LogP contribution >= 0.6 is 0 Å². The Morgan fingerprint density at radius 2 is 1.84 bits per heavy atom. The van der Waals surface area contributed by atoms with Gasteiger partial charge >= 0.3 is 0 Å². The molecule has 1 amide bonds. The fourth-order valence-electron chi connectivity index (χ4n) is 2.52. The summed E-state index contributed by atoms with van der Waals surface area (Å²) in [6.07, 6.45) is 3.10. The summed E-state index contributed by atoms with van der Waals surface area (Å²) in [6, 6.07) is 15.1. The zero-order chi connectivity index (χ0) is 17.6. The number of aromatic nitrogens is 3. The van der Waals surface area contributed by atoms with Gasteiger partial charge in [-0.15, -0.1) is 0 Å². The van der Waals surface area contributed by atoms with Crippen LogP contribution in [0.3, 0.4) is 0 Å². The highest BCUT2D eigenvalue weighted by molar-refractivity contribution is 5.94. The molecule has 25 heavy (non-hydrogen) atoms. The third-order valence-corrected chi connectivity index (χ3v) is 3.80. The van der Waals surface area contributed by atoms with Crippen molar-refractivity contribution in [3.63, 3.8) is 0 Å². The first-order valence-electron chi connectivity index (χ1n) is 8.09. The van der Waals surface area contributed by atoms with E-state index in [0.29, 0.717) is 18.7 Å². The average molecular weight is 336 g/mol. The van der Waals surface area contributed by atoms with Crippen molar-refractivity contribution in [2.45, 2.75) is 13.5 Å². The molecule has 0 atom stereocenters.